The van der Waals surface area contributed by atoms with Crippen LogP contribution in [-0.4, -0.2) is 38.1 Å². The molecule has 5 heteroatoms. The van der Waals surface area contributed by atoms with Gasteiger partial charge in [0.2, 0.25) is 10.0 Å². The Balaban J connectivity index is 2.62. The lowest BCUT2D eigenvalue weighted by Gasteiger charge is -2.31. The van der Waals surface area contributed by atoms with Gasteiger partial charge in [-0.2, -0.15) is 0 Å². The SMILES string of the molecule is CC(C)CS(=O)(=O)N1CCCC(CN)C1. The van der Waals surface area contributed by atoms with Gasteiger partial charge in [-0.15, -0.1) is 0 Å². The molecule has 1 atom stereocenters. The molecule has 4 nitrogen and oxygen atoms in total. The minimum atomic E-state index is -3.05. The van der Waals surface area contributed by atoms with E-state index in [1.54, 1.807) is 4.31 Å². The molecular formula is C10H22N2O2S. The molecule has 1 rings (SSSR count). The summed E-state index contributed by atoms with van der Waals surface area (Å²) in [6.45, 7) is 5.74. The maximum absolute atomic E-state index is 11.9. The quantitative estimate of drug-likeness (QED) is 0.776. The van der Waals surface area contributed by atoms with Crippen LogP contribution in [0.5, 0.6) is 0 Å². The summed E-state index contributed by atoms with van der Waals surface area (Å²) in [4.78, 5) is 0. The summed E-state index contributed by atoms with van der Waals surface area (Å²) in [7, 11) is -3.05. The fourth-order valence-corrected chi connectivity index (χ4v) is 3.90. The Morgan fingerprint density at radius 1 is 1.47 bits per heavy atom. The predicted molar refractivity (Wildman–Crippen MR) is 62.0 cm³/mol. The van der Waals surface area contributed by atoms with Gasteiger partial charge in [-0.05, 0) is 31.2 Å². The van der Waals surface area contributed by atoms with E-state index in [-0.39, 0.29) is 11.7 Å². The predicted octanol–water partition coefficient (Wildman–Crippen LogP) is 0.643. The van der Waals surface area contributed by atoms with Crippen LogP contribution in [0.25, 0.3) is 0 Å². The van der Waals surface area contributed by atoms with E-state index >= 15 is 0 Å². The van der Waals surface area contributed by atoms with Crippen molar-refractivity contribution >= 4 is 10.0 Å². The zero-order chi connectivity index (χ0) is 11.5. The van der Waals surface area contributed by atoms with E-state index in [1.807, 2.05) is 13.8 Å². The third-order valence-electron chi connectivity index (χ3n) is 2.75. The van der Waals surface area contributed by atoms with Crippen LogP contribution in [0.15, 0.2) is 0 Å². The smallest absolute Gasteiger partial charge is 0.214 e. The number of sulfonamides is 1. The molecule has 0 aliphatic carbocycles. The fourth-order valence-electron chi connectivity index (χ4n) is 2.00. The maximum atomic E-state index is 11.9. The molecule has 0 aromatic heterocycles. The van der Waals surface area contributed by atoms with Gasteiger partial charge in [-0.3, -0.25) is 0 Å². The summed E-state index contributed by atoms with van der Waals surface area (Å²) in [6.07, 6.45) is 2.00. The fraction of sp³-hybridized carbons (Fsp3) is 1.00. The Labute approximate surface area is 92.9 Å². The molecular weight excluding hydrogens is 212 g/mol. The summed E-state index contributed by atoms with van der Waals surface area (Å²) in [5, 5.41) is 0. The molecule has 1 fully saturated rings. The number of piperidine rings is 1. The molecule has 2 N–H and O–H groups in total. The number of nitrogens with two attached hydrogens (primary N) is 1. The molecule has 1 heterocycles. The van der Waals surface area contributed by atoms with Crippen LogP contribution in [0, 0.1) is 11.8 Å². The van der Waals surface area contributed by atoms with Crippen LogP contribution in [0.2, 0.25) is 0 Å². The molecule has 0 aromatic rings. The van der Waals surface area contributed by atoms with Crippen molar-refractivity contribution in [3.63, 3.8) is 0 Å². The van der Waals surface area contributed by atoms with Crippen molar-refractivity contribution in [2.45, 2.75) is 26.7 Å². The third-order valence-corrected chi connectivity index (χ3v) is 4.96. The Morgan fingerprint density at radius 3 is 2.67 bits per heavy atom. The van der Waals surface area contributed by atoms with Gasteiger partial charge in [0.25, 0.3) is 0 Å². The summed E-state index contributed by atoms with van der Waals surface area (Å²) in [6, 6.07) is 0. The number of hydrogen-bond donors (Lipinski definition) is 1. The van der Waals surface area contributed by atoms with Crippen molar-refractivity contribution in [1.29, 1.82) is 0 Å². The second-order valence-electron chi connectivity index (χ2n) is 4.77. The highest BCUT2D eigenvalue weighted by Gasteiger charge is 2.28. The summed E-state index contributed by atoms with van der Waals surface area (Å²) < 4.78 is 25.5. The average Bonchev–Trinajstić information content (AvgIpc) is 2.16. The largest absolute Gasteiger partial charge is 0.330 e. The molecule has 1 saturated heterocycles. The van der Waals surface area contributed by atoms with Crippen molar-refractivity contribution in [2.24, 2.45) is 17.6 Å². The van der Waals surface area contributed by atoms with Gasteiger partial charge >= 0.3 is 0 Å². The van der Waals surface area contributed by atoms with Crippen molar-refractivity contribution < 1.29 is 8.42 Å². The van der Waals surface area contributed by atoms with Gasteiger partial charge in [0.1, 0.15) is 0 Å². The highest BCUT2D eigenvalue weighted by atomic mass is 32.2. The second-order valence-corrected chi connectivity index (χ2v) is 6.79. The van der Waals surface area contributed by atoms with Crippen molar-refractivity contribution in [3.05, 3.63) is 0 Å². The highest BCUT2D eigenvalue weighted by molar-refractivity contribution is 7.89. The normalized spacial score (nSPS) is 24.7. The first kappa shape index (κ1) is 12.9. The average molecular weight is 234 g/mol. The molecule has 1 aliphatic heterocycles. The topological polar surface area (TPSA) is 63.4 Å². The highest BCUT2D eigenvalue weighted by Crippen LogP contribution is 2.19. The summed E-state index contributed by atoms with van der Waals surface area (Å²) >= 11 is 0. The van der Waals surface area contributed by atoms with E-state index in [0.29, 0.717) is 25.6 Å². The zero-order valence-corrected chi connectivity index (χ0v) is 10.5. The first-order valence-corrected chi connectivity index (χ1v) is 7.24. The van der Waals surface area contributed by atoms with Gasteiger partial charge < -0.3 is 5.73 Å². The molecule has 0 saturated carbocycles. The van der Waals surface area contributed by atoms with E-state index in [2.05, 4.69) is 0 Å². The van der Waals surface area contributed by atoms with Gasteiger partial charge in [0.05, 0.1) is 5.75 Å². The summed E-state index contributed by atoms with van der Waals surface area (Å²) in [5.41, 5.74) is 5.59. The van der Waals surface area contributed by atoms with E-state index < -0.39 is 10.0 Å². The Morgan fingerprint density at radius 2 is 2.13 bits per heavy atom. The van der Waals surface area contributed by atoms with Gasteiger partial charge in [-0.1, -0.05) is 13.8 Å². The lowest BCUT2D eigenvalue weighted by atomic mass is 10.0. The number of rotatable bonds is 4. The molecule has 0 bridgehead atoms. The van der Waals surface area contributed by atoms with E-state index in [4.69, 9.17) is 5.73 Å². The van der Waals surface area contributed by atoms with Crippen molar-refractivity contribution in [1.82, 2.24) is 4.31 Å². The molecule has 0 spiro atoms. The molecule has 0 radical (unpaired) electrons. The van der Waals surface area contributed by atoms with Crippen LogP contribution >= 0.6 is 0 Å². The molecule has 0 amide bonds. The molecule has 15 heavy (non-hydrogen) atoms. The Bertz CT molecular complexity index is 288. The minimum Gasteiger partial charge on any atom is -0.330 e. The number of hydrogen-bond acceptors (Lipinski definition) is 3. The first-order chi connectivity index (χ1) is 6.95. The standard InChI is InChI=1S/C10H22N2O2S/c1-9(2)8-15(13,14)12-5-3-4-10(6-11)7-12/h9-10H,3-8,11H2,1-2H3. The molecule has 1 aliphatic rings. The number of nitrogens with zero attached hydrogens (tertiary/aromatic N) is 1. The van der Waals surface area contributed by atoms with Gasteiger partial charge in [0, 0.05) is 13.1 Å². The van der Waals surface area contributed by atoms with Crippen LogP contribution in [0.1, 0.15) is 26.7 Å². The second kappa shape index (κ2) is 5.27. The van der Waals surface area contributed by atoms with Crippen LogP contribution in [0.4, 0.5) is 0 Å². The Hall–Kier alpha value is -0.130. The van der Waals surface area contributed by atoms with Gasteiger partial charge in [0.15, 0.2) is 0 Å². The third kappa shape index (κ3) is 3.74. The zero-order valence-electron chi connectivity index (χ0n) is 9.65. The van der Waals surface area contributed by atoms with Crippen molar-refractivity contribution in [3.8, 4) is 0 Å². The van der Waals surface area contributed by atoms with Crippen molar-refractivity contribution in [2.75, 3.05) is 25.4 Å². The van der Waals surface area contributed by atoms with Crippen LogP contribution in [0.3, 0.4) is 0 Å². The van der Waals surface area contributed by atoms with Crippen LogP contribution in [-0.2, 0) is 10.0 Å². The maximum Gasteiger partial charge on any atom is 0.214 e. The van der Waals surface area contributed by atoms with E-state index in [9.17, 15) is 8.42 Å². The van der Waals surface area contributed by atoms with E-state index in [1.165, 1.54) is 0 Å². The van der Waals surface area contributed by atoms with Gasteiger partial charge in [-0.25, -0.2) is 12.7 Å². The summed E-state index contributed by atoms with van der Waals surface area (Å²) in [5.74, 6) is 0.790. The molecule has 0 aromatic carbocycles. The monoisotopic (exact) mass is 234 g/mol. The molecule has 1 unspecified atom stereocenters. The molecule has 90 valence electrons. The lowest BCUT2D eigenvalue weighted by molar-refractivity contribution is 0.270. The lowest BCUT2D eigenvalue weighted by Crippen LogP contribution is -2.43. The van der Waals surface area contributed by atoms with E-state index in [0.717, 1.165) is 12.8 Å². The first-order valence-electron chi connectivity index (χ1n) is 5.63. The van der Waals surface area contributed by atoms with Crippen LogP contribution < -0.4 is 5.73 Å². The minimum absolute atomic E-state index is 0.188. The Kier molecular flexibility index (Phi) is 4.55.